The van der Waals surface area contributed by atoms with E-state index < -0.39 is 7.12 Å². The Morgan fingerprint density at radius 2 is 1.36 bits per heavy atom. The summed E-state index contributed by atoms with van der Waals surface area (Å²) in [5.74, 6) is 0. The van der Waals surface area contributed by atoms with Gasteiger partial charge < -0.3 is 0 Å². The fraction of sp³-hybridized carbons (Fsp3) is 0.250. The molecule has 0 aliphatic heterocycles. The van der Waals surface area contributed by atoms with Gasteiger partial charge >= 0.3 is 173 Å². The van der Waals surface area contributed by atoms with Crippen LogP contribution in [0, 0.1) is 0 Å². The second-order valence-electron chi connectivity index (χ2n) is 7.33. The molecule has 4 rings (SSSR count). The molecular weight excluding hydrogens is 410 g/mol. The normalized spacial score (nSPS) is 11.4. The Morgan fingerprint density at radius 3 is 1.89 bits per heavy atom. The van der Waals surface area contributed by atoms with E-state index >= 15 is 0 Å². The van der Waals surface area contributed by atoms with Crippen LogP contribution in [0.5, 0.6) is 0 Å². The van der Waals surface area contributed by atoms with Gasteiger partial charge in [0.15, 0.2) is 0 Å². The van der Waals surface area contributed by atoms with E-state index in [0.29, 0.717) is 0 Å². The monoisotopic (exact) mass is 436 g/mol. The SMILES string of the molecule is CCCCCCc1c2ccccc2c(-c2ccc(B(O)O)[se]2)c2ccccc12. The molecule has 0 atom stereocenters. The maximum atomic E-state index is 9.60. The Balaban J connectivity index is 1.94. The zero-order valence-electron chi connectivity index (χ0n) is 16.2. The fourth-order valence-electron chi connectivity index (χ4n) is 4.11. The average Bonchev–Trinajstić information content (AvgIpc) is 3.20. The molecule has 4 heteroatoms. The molecule has 0 saturated heterocycles. The number of hydrogen-bond donors (Lipinski definition) is 2. The second-order valence-corrected chi connectivity index (χ2v) is 9.67. The molecule has 0 aliphatic carbocycles. The fourth-order valence-corrected chi connectivity index (χ4v) is 6.11. The minimum absolute atomic E-state index is 0.0671. The molecule has 1 aromatic heterocycles. The summed E-state index contributed by atoms with van der Waals surface area (Å²) in [6.07, 6.45) is 6.14. The van der Waals surface area contributed by atoms with E-state index in [2.05, 4.69) is 61.5 Å². The van der Waals surface area contributed by atoms with Crippen molar-refractivity contribution < 1.29 is 10.0 Å². The van der Waals surface area contributed by atoms with Crippen LogP contribution in [0.1, 0.15) is 38.2 Å². The third-order valence-corrected chi connectivity index (χ3v) is 7.85. The van der Waals surface area contributed by atoms with Crippen LogP contribution in [0.25, 0.3) is 31.5 Å². The van der Waals surface area contributed by atoms with Gasteiger partial charge in [-0.2, -0.15) is 0 Å². The molecule has 2 nitrogen and oxygen atoms in total. The van der Waals surface area contributed by atoms with Crippen molar-refractivity contribution in [3.8, 4) is 10.0 Å². The predicted octanol–water partition coefficient (Wildman–Crippen LogP) is 4.52. The van der Waals surface area contributed by atoms with E-state index in [9.17, 15) is 10.0 Å². The van der Waals surface area contributed by atoms with Gasteiger partial charge in [0.2, 0.25) is 0 Å². The quantitative estimate of drug-likeness (QED) is 0.255. The average molecular weight is 435 g/mol. The van der Waals surface area contributed by atoms with Crippen molar-refractivity contribution in [1.29, 1.82) is 0 Å². The van der Waals surface area contributed by atoms with E-state index in [4.69, 9.17) is 0 Å². The topological polar surface area (TPSA) is 40.5 Å². The van der Waals surface area contributed by atoms with Crippen molar-refractivity contribution in [3.63, 3.8) is 0 Å². The summed E-state index contributed by atoms with van der Waals surface area (Å²) >= 11 is -0.0671. The van der Waals surface area contributed by atoms with E-state index in [-0.39, 0.29) is 14.5 Å². The summed E-state index contributed by atoms with van der Waals surface area (Å²) in [5.41, 5.74) is 2.71. The molecular formula is C24H25BO2Se. The van der Waals surface area contributed by atoms with Gasteiger partial charge in [0.05, 0.1) is 0 Å². The van der Waals surface area contributed by atoms with Crippen LogP contribution in [0.15, 0.2) is 60.7 Å². The zero-order valence-corrected chi connectivity index (χ0v) is 17.9. The second kappa shape index (κ2) is 8.67. The van der Waals surface area contributed by atoms with Crippen LogP contribution in [-0.2, 0) is 6.42 Å². The Kier molecular flexibility index (Phi) is 6.03. The van der Waals surface area contributed by atoms with Crippen LogP contribution in [0.4, 0.5) is 0 Å². The van der Waals surface area contributed by atoms with Crippen LogP contribution < -0.4 is 4.34 Å². The number of hydrogen-bond acceptors (Lipinski definition) is 2. The summed E-state index contributed by atoms with van der Waals surface area (Å²) in [5, 5.41) is 24.4. The summed E-state index contributed by atoms with van der Waals surface area (Å²) in [6, 6.07) is 21.4. The van der Waals surface area contributed by atoms with Crippen LogP contribution in [0.3, 0.4) is 0 Å². The van der Waals surface area contributed by atoms with Crippen molar-refractivity contribution in [3.05, 3.63) is 66.2 Å². The summed E-state index contributed by atoms with van der Waals surface area (Å²) in [6.45, 7) is 2.25. The van der Waals surface area contributed by atoms with E-state index in [1.54, 1.807) is 0 Å². The molecule has 4 aromatic rings. The first-order valence-electron chi connectivity index (χ1n) is 10.1. The molecule has 3 aromatic carbocycles. The number of rotatable bonds is 7. The van der Waals surface area contributed by atoms with Crippen molar-refractivity contribution in [2.45, 2.75) is 39.0 Å². The van der Waals surface area contributed by atoms with E-state index in [1.165, 1.54) is 62.8 Å². The van der Waals surface area contributed by atoms with Gasteiger partial charge in [0.1, 0.15) is 0 Å². The molecule has 0 unspecified atom stereocenters. The number of fused-ring (bicyclic) bond motifs is 2. The van der Waals surface area contributed by atoms with Crippen molar-refractivity contribution in [2.75, 3.05) is 0 Å². The van der Waals surface area contributed by atoms with Crippen molar-refractivity contribution >= 4 is 47.5 Å². The van der Waals surface area contributed by atoms with Gasteiger partial charge in [-0.05, 0) is 0 Å². The maximum absolute atomic E-state index is 9.60. The molecule has 28 heavy (non-hydrogen) atoms. The van der Waals surface area contributed by atoms with Gasteiger partial charge in [-0.1, -0.05) is 0 Å². The van der Waals surface area contributed by atoms with E-state index in [0.717, 1.165) is 10.8 Å². The Hall–Kier alpha value is -1.84. The van der Waals surface area contributed by atoms with Gasteiger partial charge in [0, 0.05) is 0 Å². The summed E-state index contributed by atoms with van der Waals surface area (Å²) in [7, 11) is -1.36. The number of benzene rings is 3. The Bertz CT molecular complexity index is 1040. The summed E-state index contributed by atoms with van der Waals surface area (Å²) < 4.78 is 1.94. The molecule has 2 N–H and O–H groups in total. The van der Waals surface area contributed by atoms with Crippen molar-refractivity contribution in [1.82, 2.24) is 0 Å². The minimum atomic E-state index is -1.36. The number of aryl methyl sites for hydroxylation is 1. The third kappa shape index (κ3) is 3.70. The molecule has 0 radical (unpaired) electrons. The van der Waals surface area contributed by atoms with Gasteiger partial charge in [0.25, 0.3) is 0 Å². The first kappa shape index (κ1) is 19.5. The molecule has 1 heterocycles. The predicted molar refractivity (Wildman–Crippen MR) is 122 cm³/mol. The molecule has 0 saturated carbocycles. The van der Waals surface area contributed by atoms with Crippen LogP contribution in [0.2, 0.25) is 0 Å². The van der Waals surface area contributed by atoms with Gasteiger partial charge in [-0.15, -0.1) is 0 Å². The van der Waals surface area contributed by atoms with E-state index in [1.807, 2.05) is 6.07 Å². The first-order chi connectivity index (χ1) is 13.7. The molecule has 0 bridgehead atoms. The van der Waals surface area contributed by atoms with Crippen molar-refractivity contribution in [2.24, 2.45) is 0 Å². The van der Waals surface area contributed by atoms with Crippen LogP contribution in [-0.4, -0.2) is 31.7 Å². The molecule has 0 aliphatic rings. The number of unbranched alkanes of at least 4 members (excludes halogenated alkanes) is 3. The van der Waals surface area contributed by atoms with Gasteiger partial charge in [-0.3, -0.25) is 0 Å². The first-order valence-corrected chi connectivity index (χ1v) is 11.8. The standard InChI is InChI=1S/C24H25BO2Se/c1-2-3-4-5-10-17-18-11-6-8-13-20(18)24(21-14-9-7-12-19(17)21)22-15-16-23(28-22)25(26)27/h6-9,11-16,26-27H,2-5,10H2,1H3. The summed E-state index contributed by atoms with van der Waals surface area (Å²) in [4.78, 5) is 0. The Morgan fingerprint density at radius 1 is 0.750 bits per heavy atom. The molecule has 142 valence electrons. The third-order valence-electron chi connectivity index (χ3n) is 5.45. The molecule has 0 fully saturated rings. The molecule has 0 amide bonds. The zero-order chi connectivity index (χ0) is 19.5. The van der Waals surface area contributed by atoms with Gasteiger partial charge in [-0.25, -0.2) is 0 Å². The Labute approximate surface area is 172 Å². The van der Waals surface area contributed by atoms with Crippen LogP contribution >= 0.6 is 0 Å². The molecule has 0 spiro atoms.